The number of hydrogen-bond acceptors (Lipinski definition) is 2. The Kier molecular flexibility index (Phi) is 4.13. The molecule has 4 nitrogen and oxygen atoms in total. The molecular formula is C19H18FN3OS. The maximum absolute atomic E-state index is 13.3. The molecule has 2 aromatic carbocycles. The molecule has 0 spiro atoms. The number of aromatic nitrogens is 1. The van der Waals surface area contributed by atoms with Gasteiger partial charge in [0, 0.05) is 23.3 Å². The minimum absolute atomic E-state index is 0.142. The Morgan fingerprint density at radius 1 is 1.24 bits per heavy atom. The largest absolute Gasteiger partial charge is 0.346 e. The summed E-state index contributed by atoms with van der Waals surface area (Å²) < 4.78 is 15.3. The topological polar surface area (TPSA) is 37.6 Å². The van der Waals surface area contributed by atoms with Gasteiger partial charge in [-0.05, 0) is 36.2 Å². The van der Waals surface area contributed by atoms with Crippen LogP contribution >= 0.6 is 11.3 Å². The fourth-order valence-electron chi connectivity index (χ4n) is 3.09. The van der Waals surface area contributed by atoms with Gasteiger partial charge in [-0.15, -0.1) is 11.3 Å². The average molecular weight is 355 g/mol. The summed E-state index contributed by atoms with van der Waals surface area (Å²) in [6.45, 7) is 2.56. The average Bonchev–Trinajstić information content (AvgIpc) is 3.20. The van der Waals surface area contributed by atoms with Crippen molar-refractivity contribution < 1.29 is 9.18 Å². The second kappa shape index (κ2) is 6.44. The monoisotopic (exact) mass is 355 g/mol. The van der Waals surface area contributed by atoms with Crippen LogP contribution in [0.1, 0.15) is 11.3 Å². The first kappa shape index (κ1) is 16.0. The van der Waals surface area contributed by atoms with Gasteiger partial charge in [0.15, 0.2) is 4.80 Å². The highest BCUT2D eigenvalue weighted by atomic mass is 32.1. The van der Waals surface area contributed by atoms with Gasteiger partial charge in [0.1, 0.15) is 6.17 Å². The van der Waals surface area contributed by atoms with Crippen molar-refractivity contribution in [3.8, 4) is 5.69 Å². The predicted molar refractivity (Wildman–Crippen MR) is 97.9 cm³/mol. The summed E-state index contributed by atoms with van der Waals surface area (Å²) >= 11 is 1.46. The minimum Gasteiger partial charge on any atom is -0.320 e. The highest BCUT2D eigenvalue weighted by Gasteiger charge is 2.25. The Hall–Kier alpha value is -2.47. The number of urea groups is 1. The van der Waals surface area contributed by atoms with E-state index in [-0.39, 0.29) is 12.6 Å². The Morgan fingerprint density at radius 2 is 2.04 bits per heavy atom. The molecule has 6 heteroatoms. The van der Waals surface area contributed by atoms with Gasteiger partial charge in [-0.3, -0.25) is 4.57 Å². The Morgan fingerprint density at radius 3 is 2.80 bits per heavy atom. The van der Waals surface area contributed by atoms with E-state index in [2.05, 4.69) is 29.3 Å². The van der Waals surface area contributed by atoms with Crippen LogP contribution in [0.4, 0.5) is 9.18 Å². The third kappa shape index (κ3) is 3.22. The van der Waals surface area contributed by atoms with E-state index in [4.69, 9.17) is 0 Å². The number of alkyl halides is 1. The number of hydrogen-bond donors (Lipinski definition) is 0. The molecule has 1 aliphatic heterocycles. The van der Waals surface area contributed by atoms with Gasteiger partial charge in [-0.1, -0.05) is 30.3 Å². The number of nitrogens with zero attached hydrogens (tertiary/aromatic N) is 3. The van der Waals surface area contributed by atoms with Crippen molar-refractivity contribution in [2.45, 2.75) is 19.5 Å². The van der Waals surface area contributed by atoms with Crippen LogP contribution in [0.3, 0.4) is 0 Å². The van der Waals surface area contributed by atoms with Gasteiger partial charge in [0.25, 0.3) is 0 Å². The highest BCUT2D eigenvalue weighted by molar-refractivity contribution is 7.09. The van der Waals surface area contributed by atoms with Crippen molar-refractivity contribution in [1.29, 1.82) is 0 Å². The Labute approximate surface area is 148 Å². The van der Waals surface area contributed by atoms with Gasteiger partial charge in [0.05, 0.1) is 6.54 Å². The number of halogens is 1. The lowest BCUT2D eigenvalue weighted by Crippen LogP contribution is -2.28. The minimum atomic E-state index is -0.933. The van der Waals surface area contributed by atoms with E-state index in [9.17, 15) is 9.18 Å². The van der Waals surface area contributed by atoms with Crippen molar-refractivity contribution in [2.75, 3.05) is 13.1 Å². The van der Waals surface area contributed by atoms with Crippen molar-refractivity contribution in [2.24, 2.45) is 4.99 Å². The van der Waals surface area contributed by atoms with E-state index in [0.717, 1.165) is 16.0 Å². The number of rotatable bonds is 1. The zero-order valence-corrected chi connectivity index (χ0v) is 14.7. The van der Waals surface area contributed by atoms with Crippen LogP contribution in [-0.4, -0.2) is 34.8 Å². The molecule has 1 atom stereocenters. The number of carbonyl (C=O) groups is 1. The first-order valence-electron chi connectivity index (χ1n) is 8.26. The molecular weight excluding hydrogens is 337 g/mol. The molecule has 2 amide bonds. The van der Waals surface area contributed by atoms with E-state index in [0.29, 0.717) is 17.8 Å². The lowest BCUT2D eigenvalue weighted by atomic mass is 10.1. The van der Waals surface area contributed by atoms with Crippen molar-refractivity contribution in [3.63, 3.8) is 0 Å². The molecule has 1 saturated heterocycles. The van der Waals surface area contributed by atoms with E-state index >= 15 is 0 Å². The molecule has 1 fully saturated rings. The molecule has 0 radical (unpaired) electrons. The number of benzene rings is 2. The molecule has 0 aliphatic carbocycles. The summed E-state index contributed by atoms with van der Waals surface area (Å²) in [5, 5.41) is 2.30. The van der Waals surface area contributed by atoms with Crippen LogP contribution in [0.5, 0.6) is 0 Å². The molecule has 0 N–H and O–H groups in total. The number of carbonyl (C=O) groups excluding carboxylic acids is 1. The van der Waals surface area contributed by atoms with Crippen LogP contribution < -0.4 is 4.80 Å². The third-order valence-corrected chi connectivity index (χ3v) is 5.27. The molecule has 25 heavy (non-hydrogen) atoms. The summed E-state index contributed by atoms with van der Waals surface area (Å²) in [5.41, 5.74) is 0.958. The molecule has 2 heterocycles. The summed E-state index contributed by atoms with van der Waals surface area (Å²) in [4.78, 5) is 19.8. The summed E-state index contributed by atoms with van der Waals surface area (Å²) in [6.07, 6.45) is 1.44. The van der Waals surface area contributed by atoms with Gasteiger partial charge in [-0.2, -0.15) is 4.99 Å². The van der Waals surface area contributed by atoms with E-state index in [1.807, 2.05) is 35.9 Å². The summed E-state index contributed by atoms with van der Waals surface area (Å²) in [6, 6.07) is 13.9. The van der Waals surface area contributed by atoms with E-state index in [1.54, 1.807) is 0 Å². The predicted octanol–water partition coefficient (Wildman–Crippen LogP) is 4.06. The Bertz CT molecular complexity index is 1010. The van der Waals surface area contributed by atoms with Crippen molar-refractivity contribution in [1.82, 2.24) is 9.47 Å². The fourth-order valence-corrected chi connectivity index (χ4v) is 3.91. The van der Waals surface area contributed by atoms with Gasteiger partial charge in [-0.25, -0.2) is 9.18 Å². The standard InChI is InChI=1S/C19H18FN3OS/c1-13-11-23(17-7-6-14-4-2-3-5-15(14)10-17)19(25-13)21-18(24)22-9-8-16(20)12-22/h2-7,10-11,16H,8-9,12H2,1H3/t16-/m1/s1. The number of fused-ring (bicyclic) bond motifs is 1. The van der Waals surface area contributed by atoms with Crippen LogP contribution in [0, 0.1) is 6.92 Å². The lowest BCUT2D eigenvalue weighted by molar-refractivity contribution is 0.213. The normalized spacial score (nSPS) is 18.2. The van der Waals surface area contributed by atoms with Gasteiger partial charge >= 0.3 is 6.03 Å². The molecule has 1 aliphatic rings. The highest BCUT2D eigenvalue weighted by Crippen LogP contribution is 2.19. The number of thiazole rings is 1. The smallest absolute Gasteiger partial charge is 0.320 e. The first-order chi connectivity index (χ1) is 12.1. The molecule has 0 saturated carbocycles. The molecule has 0 bridgehead atoms. The number of amides is 2. The van der Waals surface area contributed by atoms with Crippen LogP contribution in [-0.2, 0) is 0 Å². The van der Waals surface area contributed by atoms with Gasteiger partial charge in [0.2, 0.25) is 0 Å². The Balaban J connectivity index is 1.75. The van der Waals surface area contributed by atoms with Crippen molar-refractivity contribution in [3.05, 3.63) is 58.3 Å². The molecule has 128 valence electrons. The molecule has 0 unspecified atom stereocenters. The van der Waals surface area contributed by atoms with Gasteiger partial charge < -0.3 is 4.90 Å². The quantitative estimate of drug-likeness (QED) is 0.648. The summed E-state index contributed by atoms with van der Waals surface area (Å²) in [5.74, 6) is 0. The maximum atomic E-state index is 13.3. The van der Waals surface area contributed by atoms with E-state index in [1.165, 1.54) is 21.6 Å². The molecule has 1 aromatic heterocycles. The number of likely N-dealkylation sites (tertiary alicyclic amines) is 1. The lowest BCUT2D eigenvalue weighted by Gasteiger charge is -2.11. The first-order valence-corrected chi connectivity index (χ1v) is 9.08. The molecule has 3 aromatic rings. The second-order valence-corrected chi connectivity index (χ2v) is 7.47. The SMILES string of the molecule is Cc1cn(-c2ccc3ccccc3c2)c(=NC(=O)N2CC[C@@H](F)C2)s1. The molecule has 4 rings (SSSR count). The van der Waals surface area contributed by atoms with Crippen LogP contribution in [0.2, 0.25) is 0 Å². The van der Waals surface area contributed by atoms with Crippen molar-refractivity contribution >= 4 is 28.1 Å². The van der Waals surface area contributed by atoms with Crippen LogP contribution in [0.15, 0.2) is 53.7 Å². The summed E-state index contributed by atoms with van der Waals surface area (Å²) in [7, 11) is 0. The zero-order chi connectivity index (χ0) is 17.4. The van der Waals surface area contributed by atoms with E-state index < -0.39 is 6.17 Å². The zero-order valence-electron chi connectivity index (χ0n) is 13.9. The fraction of sp³-hybridized carbons (Fsp3) is 0.263. The van der Waals surface area contributed by atoms with Crippen LogP contribution in [0.25, 0.3) is 16.5 Å². The second-order valence-electron chi connectivity index (χ2n) is 6.25. The number of aryl methyl sites for hydroxylation is 1. The maximum Gasteiger partial charge on any atom is 0.346 e. The third-order valence-electron chi connectivity index (χ3n) is 4.37.